The van der Waals surface area contributed by atoms with E-state index in [1.54, 1.807) is 47.2 Å². The number of benzene rings is 1. The minimum Gasteiger partial charge on any atom is -0.459 e. The molecule has 0 N–H and O–H groups in total. The van der Waals surface area contributed by atoms with E-state index in [-0.39, 0.29) is 12.6 Å². The maximum absolute atomic E-state index is 12.2. The van der Waals surface area contributed by atoms with Crippen molar-refractivity contribution in [1.82, 2.24) is 9.55 Å². The van der Waals surface area contributed by atoms with Gasteiger partial charge in [0.1, 0.15) is 23.5 Å². The van der Waals surface area contributed by atoms with E-state index < -0.39 is 40.6 Å². The summed E-state index contributed by atoms with van der Waals surface area (Å²) in [4.78, 5) is 16.3. The van der Waals surface area contributed by atoms with Crippen LogP contribution in [-0.4, -0.2) is 55.1 Å². The lowest BCUT2D eigenvalue weighted by Crippen LogP contribution is -2.40. The summed E-state index contributed by atoms with van der Waals surface area (Å²) < 4.78 is 47.5. The van der Waals surface area contributed by atoms with Crippen molar-refractivity contribution in [3.63, 3.8) is 0 Å². The van der Waals surface area contributed by atoms with Crippen LogP contribution in [0.4, 0.5) is 0 Å². The van der Waals surface area contributed by atoms with E-state index in [0.717, 1.165) is 6.26 Å². The van der Waals surface area contributed by atoms with Gasteiger partial charge in [0.25, 0.3) is 16.1 Å². The molecule has 148 valence electrons. The van der Waals surface area contributed by atoms with E-state index in [9.17, 15) is 13.2 Å². The Bertz CT molecular complexity index is 1050. The van der Waals surface area contributed by atoms with E-state index in [2.05, 4.69) is 4.98 Å². The molecule has 2 aromatic rings. The molecule has 0 amide bonds. The van der Waals surface area contributed by atoms with Crippen LogP contribution in [0.25, 0.3) is 0 Å². The highest BCUT2D eigenvalue weighted by atomic mass is 32.2. The van der Waals surface area contributed by atoms with Crippen LogP contribution in [0.5, 0.6) is 6.01 Å². The molecule has 4 atom stereocenters. The summed E-state index contributed by atoms with van der Waals surface area (Å²) >= 11 is 5.01. The summed E-state index contributed by atoms with van der Waals surface area (Å²) in [5.74, 6) is -0.550. The van der Waals surface area contributed by atoms with Crippen LogP contribution in [0.1, 0.15) is 16.6 Å². The van der Waals surface area contributed by atoms with Crippen LogP contribution in [0.3, 0.4) is 0 Å². The van der Waals surface area contributed by atoms with Gasteiger partial charge >= 0.3 is 5.97 Å². The van der Waals surface area contributed by atoms with Crippen LogP contribution in [0.15, 0.2) is 42.6 Å². The number of nitrogens with zero attached hydrogens (tertiary/aromatic N) is 2. The van der Waals surface area contributed by atoms with Gasteiger partial charge < -0.3 is 14.2 Å². The summed E-state index contributed by atoms with van der Waals surface area (Å²) in [6.45, 7) is -0.202. The molecule has 0 spiro atoms. The standard InChI is InChI=1S/C17H16N2O7S2/c1-28(21,22)26-13-11(9-23-16(20)10-5-3-2-4-6-10)24-15-14(13)25-17-18-12(27)7-8-19(15)17/h2-8,11,13-15H,9H2,1H3/t11-,13+,14-,15+/m0/s1. The quantitative estimate of drug-likeness (QED) is 0.401. The third-order valence-electron chi connectivity index (χ3n) is 4.28. The fourth-order valence-electron chi connectivity index (χ4n) is 3.12. The first-order valence-corrected chi connectivity index (χ1v) is 10.6. The van der Waals surface area contributed by atoms with Crippen molar-refractivity contribution in [1.29, 1.82) is 0 Å². The Morgan fingerprint density at radius 3 is 2.75 bits per heavy atom. The van der Waals surface area contributed by atoms with Gasteiger partial charge in [-0.15, -0.1) is 0 Å². The SMILES string of the molecule is CS(=O)(=O)O[C@H]1[C@@H]2Oc3nc(=S)ccn3[C@@H]2O[C@H]1COC(=O)c1ccccc1. The molecule has 0 aliphatic carbocycles. The van der Waals surface area contributed by atoms with Crippen molar-refractivity contribution >= 4 is 28.3 Å². The molecule has 2 aliphatic heterocycles. The lowest BCUT2D eigenvalue weighted by Gasteiger charge is -2.20. The molecule has 1 saturated heterocycles. The van der Waals surface area contributed by atoms with E-state index in [1.807, 2.05) is 0 Å². The van der Waals surface area contributed by atoms with E-state index >= 15 is 0 Å². The number of hydrogen-bond acceptors (Lipinski definition) is 9. The van der Waals surface area contributed by atoms with E-state index in [4.69, 9.17) is 30.6 Å². The Hall–Kier alpha value is -2.34. The van der Waals surface area contributed by atoms with Crippen molar-refractivity contribution in [3.05, 3.63) is 52.8 Å². The van der Waals surface area contributed by atoms with Gasteiger partial charge in [-0.25, -0.2) is 4.79 Å². The Labute approximate surface area is 165 Å². The van der Waals surface area contributed by atoms with Crippen molar-refractivity contribution in [2.45, 2.75) is 24.5 Å². The first kappa shape index (κ1) is 19.0. The number of aromatic nitrogens is 2. The molecule has 28 heavy (non-hydrogen) atoms. The molecule has 0 radical (unpaired) electrons. The zero-order chi connectivity index (χ0) is 19.9. The minimum absolute atomic E-state index is 0.202. The molecular formula is C17H16N2O7S2. The third kappa shape index (κ3) is 3.78. The lowest BCUT2D eigenvalue weighted by molar-refractivity contribution is -0.0466. The molecule has 0 saturated carbocycles. The molecule has 1 aromatic heterocycles. The molecule has 1 fully saturated rings. The molecule has 11 heteroatoms. The predicted octanol–water partition coefficient (Wildman–Crippen LogP) is 1.47. The van der Waals surface area contributed by atoms with Crippen LogP contribution in [0.2, 0.25) is 0 Å². The average Bonchev–Trinajstić information content (AvgIpc) is 3.15. The van der Waals surface area contributed by atoms with Crippen LogP contribution < -0.4 is 4.74 Å². The second kappa shape index (κ2) is 7.24. The topological polar surface area (TPSA) is 106 Å². The Balaban J connectivity index is 1.54. The van der Waals surface area contributed by atoms with Gasteiger partial charge in [0, 0.05) is 6.20 Å². The summed E-state index contributed by atoms with van der Waals surface area (Å²) in [6, 6.07) is 10.2. The fraction of sp³-hybridized carbons (Fsp3) is 0.353. The Kier molecular flexibility index (Phi) is 4.91. The number of ether oxygens (including phenoxy) is 3. The van der Waals surface area contributed by atoms with E-state index in [1.165, 1.54) is 0 Å². The first-order chi connectivity index (χ1) is 13.3. The number of hydrogen-bond donors (Lipinski definition) is 0. The normalized spacial score (nSPS) is 25.6. The molecule has 1 aromatic carbocycles. The summed E-state index contributed by atoms with van der Waals surface area (Å²) in [6.07, 6.45) is -0.738. The second-order valence-corrected chi connectivity index (χ2v) is 8.35. The Morgan fingerprint density at radius 1 is 1.29 bits per heavy atom. The summed E-state index contributed by atoms with van der Waals surface area (Å²) in [5.41, 5.74) is 0.374. The van der Waals surface area contributed by atoms with Crippen molar-refractivity contribution < 1.29 is 31.6 Å². The highest BCUT2D eigenvalue weighted by Gasteiger charge is 2.54. The summed E-state index contributed by atoms with van der Waals surface area (Å²) in [5, 5.41) is 0. The highest BCUT2D eigenvalue weighted by Crippen LogP contribution is 2.41. The van der Waals surface area contributed by atoms with Crippen LogP contribution in [0, 0.1) is 4.64 Å². The fourth-order valence-corrected chi connectivity index (χ4v) is 3.90. The molecule has 3 heterocycles. The van der Waals surface area contributed by atoms with Crippen molar-refractivity contribution in [2.75, 3.05) is 12.9 Å². The molecule has 9 nitrogen and oxygen atoms in total. The van der Waals surface area contributed by atoms with Crippen LogP contribution in [-0.2, 0) is 23.8 Å². The van der Waals surface area contributed by atoms with Crippen molar-refractivity contribution in [3.8, 4) is 6.01 Å². The molecule has 0 bridgehead atoms. The largest absolute Gasteiger partial charge is 0.459 e. The van der Waals surface area contributed by atoms with Gasteiger partial charge in [-0.3, -0.25) is 8.75 Å². The molecule has 4 rings (SSSR count). The van der Waals surface area contributed by atoms with Gasteiger partial charge in [-0.2, -0.15) is 13.4 Å². The van der Waals surface area contributed by atoms with E-state index in [0.29, 0.717) is 10.2 Å². The number of carbonyl (C=O) groups excluding carboxylic acids is 1. The van der Waals surface area contributed by atoms with Crippen molar-refractivity contribution in [2.24, 2.45) is 0 Å². The van der Waals surface area contributed by atoms with Crippen LogP contribution >= 0.6 is 12.2 Å². The maximum Gasteiger partial charge on any atom is 0.338 e. The molecule has 2 aliphatic rings. The second-order valence-electron chi connectivity index (χ2n) is 6.33. The average molecular weight is 424 g/mol. The number of carbonyl (C=O) groups is 1. The molecular weight excluding hydrogens is 408 g/mol. The zero-order valence-electron chi connectivity index (χ0n) is 14.6. The Morgan fingerprint density at radius 2 is 2.04 bits per heavy atom. The van der Waals surface area contributed by atoms with Gasteiger partial charge in [-0.1, -0.05) is 30.4 Å². The summed E-state index contributed by atoms with van der Waals surface area (Å²) in [7, 11) is -3.82. The minimum atomic E-state index is -3.82. The monoisotopic (exact) mass is 424 g/mol. The highest BCUT2D eigenvalue weighted by molar-refractivity contribution is 7.86. The lowest BCUT2D eigenvalue weighted by atomic mass is 10.1. The smallest absolute Gasteiger partial charge is 0.338 e. The maximum atomic E-state index is 12.2. The van der Waals surface area contributed by atoms with Gasteiger partial charge in [0.05, 0.1) is 11.8 Å². The third-order valence-corrected chi connectivity index (χ3v) is 5.08. The number of fused-ring (bicyclic) bond motifs is 3. The number of esters is 1. The molecule has 0 unspecified atom stereocenters. The first-order valence-electron chi connectivity index (χ1n) is 8.33. The predicted molar refractivity (Wildman–Crippen MR) is 97.8 cm³/mol. The zero-order valence-corrected chi connectivity index (χ0v) is 16.3. The van der Waals surface area contributed by atoms with Gasteiger partial charge in [0.2, 0.25) is 0 Å². The van der Waals surface area contributed by atoms with Gasteiger partial charge in [0.15, 0.2) is 12.3 Å². The number of rotatable bonds is 5. The van der Waals surface area contributed by atoms with Gasteiger partial charge in [-0.05, 0) is 18.2 Å².